The van der Waals surface area contributed by atoms with Crippen molar-refractivity contribution >= 4 is 10.9 Å². The second kappa shape index (κ2) is 3.68. The third-order valence-electron chi connectivity index (χ3n) is 2.43. The van der Waals surface area contributed by atoms with Crippen molar-refractivity contribution in [2.45, 2.75) is 5.92 Å². The fourth-order valence-electron chi connectivity index (χ4n) is 1.55. The van der Waals surface area contributed by atoms with Gasteiger partial charge in [0.2, 0.25) is 5.52 Å². The van der Waals surface area contributed by atoms with Gasteiger partial charge in [-0.15, -0.1) is 0 Å². The van der Waals surface area contributed by atoms with E-state index in [1.165, 1.54) is 12.1 Å². The average Bonchev–Trinajstić information content (AvgIpc) is 2.29. The van der Waals surface area contributed by atoms with Crippen LogP contribution in [0.1, 0.15) is 5.69 Å². The molecule has 0 saturated carbocycles. The lowest BCUT2D eigenvalue weighted by atomic mass is 10.1. The molecule has 0 atom stereocenters. The van der Waals surface area contributed by atoms with E-state index in [9.17, 15) is 14.0 Å². The van der Waals surface area contributed by atoms with Crippen molar-refractivity contribution < 1.29 is 13.5 Å². The number of alkyl halides is 2. The van der Waals surface area contributed by atoms with Gasteiger partial charge in [0.1, 0.15) is 0 Å². The zero-order chi connectivity index (χ0) is 11.8. The molecule has 0 bridgehead atoms. The Morgan fingerprint density at radius 3 is 2.56 bits per heavy atom. The van der Waals surface area contributed by atoms with E-state index in [1.807, 2.05) is 0 Å². The number of para-hydroxylation sites is 1. The lowest BCUT2D eigenvalue weighted by Crippen LogP contribution is -2.42. The van der Waals surface area contributed by atoms with Gasteiger partial charge in [-0.05, 0) is 12.1 Å². The number of benzene rings is 1. The van der Waals surface area contributed by atoms with Crippen molar-refractivity contribution in [1.29, 1.82) is 0 Å². The summed E-state index contributed by atoms with van der Waals surface area (Å²) in [4.78, 5) is 0. The smallest absolute Gasteiger partial charge is 0.343 e. The number of hydrogen-bond acceptors (Lipinski definition) is 2. The first-order valence-corrected chi connectivity index (χ1v) is 4.76. The predicted octanol–water partition coefficient (Wildman–Crippen LogP) is 1.52. The van der Waals surface area contributed by atoms with E-state index in [0.717, 1.165) is 6.07 Å². The van der Waals surface area contributed by atoms with Crippen LogP contribution < -0.4 is 10.5 Å². The maximum absolute atomic E-state index is 13.3. The van der Waals surface area contributed by atoms with Crippen LogP contribution in [0, 0.1) is 5.21 Å². The van der Waals surface area contributed by atoms with Crippen LogP contribution >= 0.6 is 0 Å². The summed E-state index contributed by atoms with van der Waals surface area (Å²) in [7, 11) is 0. The van der Waals surface area contributed by atoms with Gasteiger partial charge in [-0.1, -0.05) is 12.1 Å². The minimum absolute atomic E-state index is 0.216. The molecule has 2 N–H and O–H groups in total. The van der Waals surface area contributed by atoms with E-state index in [4.69, 9.17) is 5.73 Å². The predicted molar refractivity (Wildman–Crippen MR) is 55.9 cm³/mol. The van der Waals surface area contributed by atoms with Crippen LogP contribution in [0.25, 0.3) is 10.9 Å². The molecule has 0 unspecified atom stereocenters. The molecular formula is C11H10F2N2O. The molecule has 5 heteroatoms. The molecule has 0 aliphatic carbocycles. The van der Waals surface area contributed by atoms with Gasteiger partial charge in [0, 0.05) is 17.5 Å². The highest BCUT2D eigenvalue weighted by molar-refractivity contribution is 5.75. The van der Waals surface area contributed by atoms with Gasteiger partial charge in [0.15, 0.2) is 0 Å². The van der Waals surface area contributed by atoms with Crippen LogP contribution in [0.2, 0.25) is 0 Å². The molecule has 3 nitrogen and oxygen atoms in total. The Bertz CT molecular complexity index is 528. The summed E-state index contributed by atoms with van der Waals surface area (Å²) in [5.74, 6) is -3.30. The maximum atomic E-state index is 13.3. The Labute approximate surface area is 90.7 Å². The van der Waals surface area contributed by atoms with Crippen molar-refractivity contribution in [3.05, 3.63) is 47.3 Å². The summed E-state index contributed by atoms with van der Waals surface area (Å²) >= 11 is 0. The third kappa shape index (κ3) is 1.59. The van der Waals surface area contributed by atoms with Crippen LogP contribution in [0.5, 0.6) is 0 Å². The molecule has 84 valence electrons. The molecule has 16 heavy (non-hydrogen) atoms. The summed E-state index contributed by atoms with van der Waals surface area (Å²) < 4.78 is 26.9. The first-order valence-electron chi connectivity index (χ1n) is 4.76. The SMILES string of the molecule is NCC(F)(F)c1ccc2ccccc2[n+]1[O-]. The second-order valence-electron chi connectivity index (χ2n) is 3.48. The second-order valence-corrected chi connectivity index (χ2v) is 3.48. The standard InChI is InChI=1S/C11H10F2N2O/c12-11(13,7-14)10-6-5-8-3-1-2-4-9(8)15(10)16/h1-6H,7,14H2. The fraction of sp³-hybridized carbons (Fsp3) is 0.182. The number of nitrogens with zero attached hydrogens (tertiary/aromatic N) is 1. The van der Waals surface area contributed by atoms with Crippen LogP contribution in [0.4, 0.5) is 8.78 Å². The van der Waals surface area contributed by atoms with E-state index in [-0.39, 0.29) is 10.2 Å². The van der Waals surface area contributed by atoms with Crippen molar-refractivity contribution in [2.24, 2.45) is 5.73 Å². The topological polar surface area (TPSA) is 53.0 Å². The first-order chi connectivity index (χ1) is 7.56. The first kappa shape index (κ1) is 10.8. The molecule has 1 aromatic heterocycles. The number of nitrogens with two attached hydrogens (primary N) is 1. The van der Waals surface area contributed by atoms with E-state index < -0.39 is 18.2 Å². The monoisotopic (exact) mass is 224 g/mol. The zero-order valence-corrected chi connectivity index (χ0v) is 8.36. The minimum atomic E-state index is -3.30. The van der Waals surface area contributed by atoms with Gasteiger partial charge in [-0.2, -0.15) is 13.5 Å². The summed E-state index contributed by atoms with van der Waals surface area (Å²) in [5, 5.41) is 12.3. The fourth-order valence-corrected chi connectivity index (χ4v) is 1.55. The largest absolute Gasteiger partial charge is 0.618 e. The van der Waals surface area contributed by atoms with Crippen LogP contribution in [0.3, 0.4) is 0 Å². The van der Waals surface area contributed by atoms with Crippen LogP contribution in [-0.4, -0.2) is 6.54 Å². The Kier molecular flexibility index (Phi) is 2.47. The lowest BCUT2D eigenvalue weighted by Gasteiger charge is -2.14. The number of hydrogen-bond donors (Lipinski definition) is 1. The van der Waals surface area contributed by atoms with Crippen molar-refractivity contribution in [2.75, 3.05) is 6.54 Å². The van der Waals surface area contributed by atoms with Crippen molar-refractivity contribution in [1.82, 2.24) is 0 Å². The van der Waals surface area contributed by atoms with Crippen molar-refractivity contribution in [3.63, 3.8) is 0 Å². The van der Waals surface area contributed by atoms with Crippen LogP contribution in [-0.2, 0) is 5.92 Å². The molecule has 0 fully saturated rings. The number of fused-ring (bicyclic) bond motifs is 1. The Morgan fingerprint density at radius 1 is 1.19 bits per heavy atom. The maximum Gasteiger partial charge on any atom is 0.343 e. The molecule has 0 spiro atoms. The van der Waals surface area contributed by atoms with Crippen LogP contribution in [0.15, 0.2) is 36.4 Å². The quantitative estimate of drug-likeness (QED) is 0.621. The highest BCUT2D eigenvalue weighted by Crippen LogP contribution is 2.25. The van der Waals surface area contributed by atoms with E-state index in [1.54, 1.807) is 18.2 Å². The highest BCUT2D eigenvalue weighted by Gasteiger charge is 2.38. The molecule has 0 radical (unpaired) electrons. The molecule has 2 rings (SSSR count). The Balaban J connectivity index is 2.70. The average molecular weight is 224 g/mol. The number of halogens is 2. The lowest BCUT2D eigenvalue weighted by molar-refractivity contribution is -0.597. The van der Waals surface area contributed by atoms with E-state index in [2.05, 4.69) is 0 Å². The summed E-state index contributed by atoms with van der Waals surface area (Å²) in [5.41, 5.74) is 4.55. The van der Waals surface area contributed by atoms with Gasteiger partial charge in [-0.3, -0.25) is 0 Å². The number of rotatable bonds is 2. The van der Waals surface area contributed by atoms with Crippen molar-refractivity contribution in [3.8, 4) is 0 Å². The van der Waals surface area contributed by atoms with Gasteiger partial charge in [0.05, 0.1) is 6.54 Å². The molecule has 0 aliphatic heterocycles. The molecular weight excluding hydrogens is 214 g/mol. The summed E-state index contributed by atoms with van der Waals surface area (Å²) in [6.07, 6.45) is 0. The van der Waals surface area contributed by atoms with Gasteiger partial charge >= 0.3 is 5.92 Å². The van der Waals surface area contributed by atoms with E-state index >= 15 is 0 Å². The number of pyridine rings is 1. The number of aromatic nitrogens is 1. The Morgan fingerprint density at radius 2 is 1.88 bits per heavy atom. The van der Waals surface area contributed by atoms with Gasteiger partial charge in [0.25, 0.3) is 5.69 Å². The van der Waals surface area contributed by atoms with Gasteiger partial charge in [-0.25, -0.2) is 0 Å². The molecule has 0 aliphatic rings. The van der Waals surface area contributed by atoms with E-state index in [0.29, 0.717) is 5.39 Å². The van der Waals surface area contributed by atoms with Gasteiger partial charge < -0.3 is 10.9 Å². The normalized spacial score (nSPS) is 11.9. The Hall–Kier alpha value is -1.75. The highest BCUT2D eigenvalue weighted by atomic mass is 19.3. The minimum Gasteiger partial charge on any atom is -0.618 e. The zero-order valence-electron chi connectivity index (χ0n) is 8.36. The molecule has 2 aromatic rings. The summed E-state index contributed by atoms with van der Waals surface area (Å²) in [6, 6.07) is 9.15. The summed E-state index contributed by atoms with van der Waals surface area (Å²) in [6.45, 7) is -0.881. The molecule has 0 saturated heterocycles. The molecule has 0 amide bonds. The third-order valence-corrected chi connectivity index (χ3v) is 2.43. The molecule has 1 aromatic carbocycles. The molecule has 1 heterocycles.